The summed E-state index contributed by atoms with van der Waals surface area (Å²) in [4.78, 5) is 0. The second-order valence-electron chi connectivity index (χ2n) is 5.31. The van der Waals surface area contributed by atoms with E-state index in [0.717, 1.165) is 17.7 Å². The first-order chi connectivity index (χ1) is 10.2. The molecule has 1 saturated carbocycles. The molecule has 3 rings (SSSR count). The van der Waals surface area contributed by atoms with E-state index in [9.17, 15) is 13.2 Å². The van der Waals surface area contributed by atoms with Gasteiger partial charge in [0, 0.05) is 16.9 Å². The van der Waals surface area contributed by atoms with Crippen LogP contribution in [0.1, 0.15) is 28.5 Å². The third-order valence-corrected chi connectivity index (χ3v) is 4.98. The van der Waals surface area contributed by atoms with Crippen molar-refractivity contribution in [2.75, 3.05) is 0 Å². The van der Waals surface area contributed by atoms with Crippen LogP contribution in [0.5, 0.6) is 0 Å². The molecule has 6 heteroatoms. The SMILES string of the molecule is FC(F)(F)c1cc(Cl)cc(C2C(c3ccccc3)C2(Cl)Cl)c1. The maximum absolute atomic E-state index is 12.9. The second kappa shape index (κ2) is 5.33. The zero-order valence-corrected chi connectivity index (χ0v) is 13.3. The van der Waals surface area contributed by atoms with E-state index >= 15 is 0 Å². The summed E-state index contributed by atoms with van der Waals surface area (Å²) in [6.07, 6.45) is -4.46. The van der Waals surface area contributed by atoms with Gasteiger partial charge in [0.05, 0.1) is 5.56 Å². The summed E-state index contributed by atoms with van der Waals surface area (Å²) in [5, 5.41) is 0.0210. The van der Waals surface area contributed by atoms with Crippen LogP contribution in [-0.2, 0) is 6.18 Å². The molecule has 0 amide bonds. The summed E-state index contributed by atoms with van der Waals surface area (Å²) in [7, 11) is 0. The zero-order chi connectivity index (χ0) is 16.1. The minimum atomic E-state index is -4.46. The van der Waals surface area contributed by atoms with E-state index in [-0.39, 0.29) is 10.9 Å². The van der Waals surface area contributed by atoms with Gasteiger partial charge < -0.3 is 0 Å². The van der Waals surface area contributed by atoms with Crippen LogP contribution < -0.4 is 0 Å². The van der Waals surface area contributed by atoms with Gasteiger partial charge >= 0.3 is 6.18 Å². The first-order valence-electron chi connectivity index (χ1n) is 6.51. The molecule has 0 aromatic heterocycles. The average molecular weight is 366 g/mol. The zero-order valence-electron chi connectivity index (χ0n) is 11.0. The van der Waals surface area contributed by atoms with Crippen molar-refractivity contribution in [3.8, 4) is 0 Å². The lowest BCUT2D eigenvalue weighted by Gasteiger charge is -2.10. The van der Waals surface area contributed by atoms with E-state index < -0.39 is 22.0 Å². The summed E-state index contributed by atoms with van der Waals surface area (Å²) in [6, 6.07) is 12.7. The van der Waals surface area contributed by atoms with Crippen LogP contribution in [0.15, 0.2) is 48.5 Å². The molecule has 0 saturated heterocycles. The Morgan fingerprint density at radius 2 is 1.45 bits per heavy atom. The van der Waals surface area contributed by atoms with Crippen LogP contribution >= 0.6 is 34.8 Å². The quantitative estimate of drug-likeness (QED) is 0.539. The van der Waals surface area contributed by atoms with Gasteiger partial charge in [0.25, 0.3) is 0 Å². The van der Waals surface area contributed by atoms with Crippen LogP contribution in [0.4, 0.5) is 13.2 Å². The van der Waals surface area contributed by atoms with Crippen molar-refractivity contribution in [3.05, 3.63) is 70.2 Å². The predicted octanol–water partition coefficient (Wildman–Crippen LogP) is 6.41. The van der Waals surface area contributed by atoms with Crippen molar-refractivity contribution in [2.24, 2.45) is 0 Å². The molecular weight excluding hydrogens is 356 g/mol. The number of rotatable bonds is 2. The molecule has 0 N–H and O–H groups in total. The number of alkyl halides is 5. The summed E-state index contributed by atoms with van der Waals surface area (Å²) >= 11 is 18.4. The topological polar surface area (TPSA) is 0 Å². The second-order valence-corrected chi connectivity index (χ2v) is 7.19. The molecule has 2 atom stereocenters. The molecule has 22 heavy (non-hydrogen) atoms. The molecule has 0 heterocycles. The van der Waals surface area contributed by atoms with Crippen LogP contribution in [-0.4, -0.2) is 4.33 Å². The third kappa shape index (κ3) is 2.82. The average Bonchev–Trinajstić information content (AvgIpc) is 3.01. The molecular formula is C16H10Cl3F3. The molecule has 0 radical (unpaired) electrons. The van der Waals surface area contributed by atoms with E-state index in [0.29, 0.717) is 5.56 Å². The predicted molar refractivity (Wildman–Crippen MR) is 82.8 cm³/mol. The van der Waals surface area contributed by atoms with Gasteiger partial charge in [0.2, 0.25) is 0 Å². The van der Waals surface area contributed by atoms with Crippen LogP contribution in [0.3, 0.4) is 0 Å². The lowest BCUT2D eigenvalue weighted by atomic mass is 10.0. The monoisotopic (exact) mass is 364 g/mol. The fourth-order valence-electron chi connectivity index (χ4n) is 2.77. The van der Waals surface area contributed by atoms with Crippen LogP contribution in [0.25, 0.3) is 0 Å². The standard InChI is InChI=1S/C16H10Cl3F3/c17-12-7-10(6-11(8-12)16(20,21)22)14-13(15(14,18)19)9-4-2-1-3-5-9/h1-8,13-14H. The number of benzene rings is 2. The minimum Gasteiger partial charge on any atom is -0.166 e. The van der Waals surface area contributed by atoms with E-state index in [1.807, 2.05) is 30.3 Å². The van der Waals surface area contributed by atoms with Crippen LogP contribution in [0.2, 0.25) is 5.02 Å². The van der Waals surface area contributed by atoms with E-state index in [1.165, 1.54) is 6.07 Å². The van der Waals surface area contributed by atoms with Gasteiger partial charge in [0.15, 0.2) is 0 Å². The Balaban J connectivity index is 2.00. The minimum absolute atomic E-state index is 0.0210. The molecule has 1 aliphatic carbocycles. The van der Waals surface area contributed by atoms with E-state index in [1.54, 1.807) is 0 Å². The lowest BCUT2D eigenvalue weighted by molar-refractivity contribution is -0.137. The van der Waals surface area contributed by atoms with Crippen LogP contribution in [0, 0.1) is 0 Å². The van der Waals surface area contributed by atoms with Crippen molar-refractivity contribution in [3.63, 3.8) is 0 Å². The maximum Gasteiger partial charge on any atom is 0.416 e. The highest BCUT2D eigenvalue weighted by molar-refractivity contribution is 6.52. The molecule has 0 aliphatic heterocycles. The Bertz CT molecular complexity index is 696. The maximum atomic E-state index is 12.9. The molecule has 2 aromatic carbocycles. The fourth-order valence-corrected chi connectivity index (χ4v) is 3.90. The summed E-state index contributed by atoms with van der Waals surface area (Å²) in [5.41, 5.74) is 0.502. The van der Waals surface area contributed by atoms with Gasteiger partial charge in [0.1, 0.15) is 4.33 Å². The normalized spacial score (nSPS) is 23.4. The van der Waals surface area contributed by atoms with Gasteiger partial charge in [-0.1, -0.05) is 41.9 Å². The van der Waals surface area contributed by atoms with Crippen molar-refractivity contribution in [1.82, 2.24) is 0 Å². The van der Waals surface area contributed by atoms with Gasteiger partial charge in [-0.25, -0.2) is 0 Å². The van der Waals surface area contributed by atoms with Crippen molar-refractivity contribution < 1.29 is 13.2 Å². The summed E-state index contributed by atoms with van der Waals surface area (Å²) in [6.45, 7) is 0. The first-order valence-corrected chi connectivity index (χ1v) is 7.65. The largest absolute Gasteiger partial charge is 0.416 e. The Labute approximate surface area is 140 Å². The van der Waals surface area contributed by atoms with Gasteiger partial charge in [-0.2, -0.15) is 13.2 Å². The highest BCUT2D eigenvalue weighted by Gasteiger charge is 2.64. The third-order valence-electron chi connectivity index (χ3n) is 3.82. The molecule has 0 bridgehead atoms. The molecule has 2 aromatic rings. The highest BCUT2D eigenvalue weighted by atomic mass is 35.5. The molecule has 0 spiro atoms. The van der Waals surface area contributed by atoms with Crippen molar-refractivity contribution in [1.29, 1.82) is 0 Å². The number of hydrogen-bond donors (Lipinski definition) is 0. The lowest BCUT2D eigenvalue weighted by Crippen LogP contribution is -2.06. The number of halogens is 6. The van der Waals surface area contributed by atoms with Gasteiger partial charge in [-0.05, 0) is 29.3 Å². The fraction of sp³-hybridized carbons (Fsp3) is 0.250. The number of hydrogen-bond acceptors (Lipinski definition) is 0. The Hall–Kier alpha value is -0.900. The summed E-state index contributed by atoms with van der Waals surface area (Å²) < 4.78 is 37.6. The van der Waals surface area contributed by atoms with Gasteiger partial charge in [-0.15, -0.1) is 23.2 Å². The smallest absolute Gasteiger partial charge is 0.166 e. The first kappa shape index (κ1) is 16.0. The molecule has 1 aliphatic rings. The molecule has 116 valence electrons. The summed E-state index contributed by atoms with van der Waals surface area (Å²) in [5.74, 6) is -0.672. The highest BCUT2D eigenvalue weighted by Crippen LogP contribution is 2.70. The Morgan fingerprint density at radius 3 is 2.05 bits per heavy atom. The van der Waals surface area contributed by atoms with E-state index in [4.69, 9.17) is 34.8 Å². The molecule has 2 unspecified atom stereocenters. The Kier molecular flexibility index (Phi) is 3.87. The van der Waals surface area contributed by atoms with Crippen molar-refractivity contribution >= 4 is 34.8 Å². The van der Waals surface area contributed by atoms with Crippen molar-refractivity contribution in [2.45, 2.75) is 22.3 Å². The van der Waals surface area contributed by atoms with E-state index in [2.05, 4.69) is 0 Å². The van der Waals surface area contributed by atoms with Gasteiger partial charge in [-0.3, -0.25) is 0 Å². The molecule has 1 fully saturated rings. The molecule has 0 nitrogen and oxygen atoms in total. The Morgan fingerprint density at radius 1 is 0.864 bits per heavy atom.